The van der Waals surface area contributed by atoms with Crippen LogP contribution in [0.1, 0.15) is 61.4 Å². The molecule has 0 unspecified atom stereocenters. The number of amides is 1. The molecular weight excluding hydrogens is 557 g/mol. The molecule has 0 aromatic heterocycles. The molecule has 2 aromatic carbocycles. The molecule has 2 aliphatic rings. The summed E-state index contributed by atoms with van der Waals surface area (Å²) in [5.74, 6) is -4.52. The Bertz CT molecular complexity index is 1290. The monoisotopic (exact) mass is 596 g/mol. The average Bonchev–Trinajstić information content (AvgIpc) is 2.93. The quantitative estimate of drug-likeness (QED) is 0.312. The number of nitrogens with one attached hydrogen (secondary N) is 3. The first-order valence-electron chi connectivity index (χ1n) is 14.2. The van der Waals surface area contributed by atoms with Crippen LogP contribution in [0.25, 0.3) is 0 Å². The fraction of sp³-hybridized carbons (Fsp3) is 0.552. The smallest absolute Gasteiger partial charge is 0.254 e. The summed E-state index contributed by atoms with van der Waals surface area (Å²) in [6.07, 6.45) is 0.298. The fourth-order valence-electron chi connectivity index (χ4n) is 5.39. The van der Waals surface area contributed by atoms with Crippen LogP contribution in [-0.4, -0.2) is 68.9 Å². The van der Waals surface area contributed by atoms with Crippen molar-refractivity contribution in [3.63, 3.8) is 0 Å². The maximum absolute atomic E-state index is 15.9. The lowest BCUT2D eigenvalue weighted by atomic mass is 9.92. The maximum Gasteiger partial charge on any atom is 0.254 e. The molecule has 1 saturated carbocycles. The van der Waals surface area contributed by atoms with E-state index in [1.54, 1.807) is 0 Å². The van der Waals surface area contributed by atoms with Crippen molar-refractivity contribution < 1.29 is 31.5 Å². The van der Waals surface area contributed by atoms with E-state index in [4.69, 9.17) is 0 Å². The third-order valence-corrected chi connectivity index (χ3v) is 9.56. The van der Waals surface area contributed by atoms with Crippen LogP contribution in [0.4, 0.5) is 24.5 Å². The topological polar surface area (TPSA) is 111 Å². The largest absolute Gasteiger partial charge is 0.390 e. The number of aliphatic hydroxyl groups is 1. The number of sulfonamides is 1. The van der Waals surface area contributed by atoms with Gasteiger partial charge < -0.3 is 21.1 Å². The van der Waals surface area contributed by atoms with Crippen molar-refractivity contribution in [1.29, 1.82) is 0 Å². The lowest BCUT2D eigenvalue weighted by Crippen LogP contribution is -2.51. The summed E-state index contributed by atoms with van der Waals surface area (Å²) < 4.78 is 69.5. The highest BCUT2D eigenvalue weighted by atomic mass is 32.2. The Hall–Kier alpha value is -2.83. The van der Waals surface area contributed by atoms with E-state index in [1.165, 1.54) is 12.1 Å². The maximum atomic E-state index is 15.9. The third kappa shape index (κ3) is 8.14. The van der Waals surface area contributed by atoms with Crippen molar-refractivity contribution in [2.45, 2.75) is 76.0 Å². The summed E-state index contributed by atoms with van der Waals surface area (Å²) in [7, 11) is -3.74. The zero-order valence-electron chi connectivity index (χ0n) is 23.2. The van der Waals surface area contributed by atoms with E-state index < -0.39 is 39.8 Å². The van der Waals surface area contributed by atoms with Crippen LogP contribution in [0, 0.1) is 5.82 Å². The van der Waals surface area contributed by atoms with E-state index in [1.807, 2.05) is 37.3 Å². The molecule has 2 atom stereocenters. The lowest BCUT2D eigenvalue weighted by Gasteiger charge is -2.31. The molecular formula is C29H39F3N4O4S. The molecule has 1 heterocycles. The highest BCUT2D eigenvalue weighted by molar-refractivity contribution is 7.92. The summed E-state index contributed by atoms with van der Waals surface area (Å²) >= 11 is 0. The second-order valence-electron chi connectivity index (χ2n) is 10.9. The number of nitrogens with zero attached hydrogens (tertiary/aromatic N) is 1. The summed E-state index contributed by atoms with van der Waals surface area (Å²) in [5.41, 5.74) is 0.693. The van der Waals surface area contributed by atoms with Crippen LogP contribution >= 0.6 is 0 Å². The molecule has 1 aliphatic heterocycles. The molecule has 1 saturated heterocycles. The van der Waals surface area contributed by atoms with Crippen molar-refractivity contribution in [1.82, 2.24) is 10.6 Å². The molecule has 0 radical (unpaired) electrons. The zero-order valence-corrected chi connectivity index (χ0v) is 24.0. The Balaban J connectivity index is 1.56. The molecule has 0 bridgehead atoms. The number of hydrogen-bond acceptors (Lipinski definition) is 6. The summed E-state index contributed by atoms with van der Waals surface area (Å²) in [6, 6.07) is 10.9. The molecule has 8 nitrogen and oxygen atoms in total. The molecule has 226 valence electrons. The van der Waals surface area contributed by atoms with E-state index >= 15 is 4.39 Å². The van der Waals surface area contributed by atoms with Crippen molar-refractivity contribution in [3.05, 3.63) is 59.4 Å². The predicted octanol–water partition coefficient (Wildman–Crippen LogP) is 4.06. The van der Waals surface area contributed by atoms with E-state index in [2.05, 4.69) is 16.0 Å². The van der Waals surface area contributed by atoms with Gasteiger partial charge in [0.1, 0.15) is 0 Å². The van der Waals surface area contributed by atoms with Crippen LogP contribution in [0.3, 0.4) is 0 Å². The third-order valence-electron chi connectivity index (χ3n) is 7.71. The Morgan fingerprint density at radius 3 is 2.51 bits per heavy atom. The zero-order chi connectivity index (χ0) is 29.6. The number of hydrogen-bond donors (Lipinski definition) is 4. The number of carbonyl (C=O) groups is 1. The summed E-state index contributed by atoms with van der Waals surface area (Å²) in [5, 5.41) is 20.1. The standard InChI is InChI=1S/C29H39F3N4O4S/c1-2-33-22-17-23(27(30)25(18-22)36-14-6-7-15-41(36,39)40)28(38)35-24(16-20-8-4-3-5-9-20)26(37)19-34-21-10-12-29(31,32)13-11-21/h3-5,8-9,17-18,21,24,26,33-34,37H,2,6-7,10-16,19H2,1H3,(H,35,38)/t24-,26+/m0/s1. The summed E-state index contributed by atoms with van der Waals surface area (Å²) in [4.78, 5) is 13.5. The van der Waals surface area contributed by atoms with Gasteiger partial charge in [0.25, 0.3) is 5.91 Å². The first kappa shape index (κ1) is 31.1. The Morgan fingerprint density at radius 1 is 1.15 bits per heavy atom. The average molecular weight is 597 g/mol. The van der Waals surface area contributed by atoms with Gasteiger partial charge in [-0.1, -0.05) is 30.3 Å². The number of benzene rings is 2. The van der Waals surface area contributed by atoms with Crippen molar-refractivity contribution in [3.8, 4) is 0 Å². The van der Waals surface area contributed by atoms with Crippen molar-refractivity contribution in [2.24, 2.45) is 0 Å². The second kappa shape index (κ2) is 13.4. The molecule has 1 amide bonds. The normalized spacial score (nSPS) is 20.3. The highest BCUT2D eigenvalue weighted by Gasteiger charge is 2.35. The van der Waals surface area contributed by atoms with Gasteiger partial charge >= 0.3 is 0 Å². The van der Waals surface area contributed by atoms with Gasteiger partial charge in [0.05, 0.1) is 29.1 Å². The Kier molecular flexibility index (Phi) is 10.2. The van der Waals surface area contributed by atoms with E-state index in [0.717, 1.165) is 9.87 Å². The van der Waals surface area contributed by atoms with Crippen LogP contribution in [0.2, 0.25) is 0 Å². The van der Waals surface area contributed by atoms with Gasteiger partial charge in [-0.3, -0.25) is 9.10 Å². The van der Waals surface area contributed by atoms with Gasteiger partial charge in [0.2, 0.25) is 15.9 Å². The molecule has 2 fully saturated rings. The molecule has 0 spiro atoms. The van der Waals surface area contributed by atoms with Gasteiger partial charge in [-0.2, -0.15) is 0 Å². The summed E-state index contributed by atoms with van der Waals surface area (Å²) in [6.45, 7) is 2.45. The number of aliphatic hydroxyl groups excluding tert-OH is 1. The van der Waals surface area contributed by atoms with Gasteiger partial charge in [0.15, 0.2) is 5.82 Å². The molecule has 41 heavy (non-hydrogen) atoms. The van der Waals surface area contributed by atoms with Gasteiger partial charge in [-0.25, -0.2) is 21.6 Å². The second-order valence-corrected chi connectivity index (χ2v) is 12.9. The fourth-order valence-corrected chi connectivity index (χ4v) is 7.02. The van der Waals surface area contributed by atoms with Crippen LogP contribution in [0.5, 0.6) is 0 Å². The number of rotatable bonds is 11. The minimum Gasteiger partial charge on any atom is -0.390 e. The Labute approximate surface area is 239 Å². The first-order valence-corrected chi connectivity index (χ1v) is 15.8. The predicted molar refractivity (Wildman–Crippen MR) is 154 cm³/mol. The molecule has 4 N–H and O–H groups in total. The molecule has 2 aromatic rings. The Morgan fingerprint density at radius 2 is 1.85 bits per heavy atom. The minimum atomic E-state index is -3.74. The molecule has 12 heteroatoms. The van der Waals surface area contributed by atoms with Gasteiger partial charge in [0, 0.05) is 44.2 Å². The van der Waals surface area contributed by atoms with Crippen LogP contribution in [-0.2, 0) is 16.4 Å². The number of alkyl halides is 2. The van der Waals surface area contributed by atoms with E-state index in [0.29, 0.717) is 25.1 Å². The number of anilines is 2. The molecule has 1 aliphatic carbocycles. The van der Waals surface area contributed by atoms with Crippen LogP contribution < -0.4 is 20.3 Å². The molecule has 4 rings (SSSR count). The first-order chi connectivity index (χ1) is 19.5. The van der Waals surface area contributed by atoms with E-state index in [-0.39, 0.29) is 68.2 Å². The van der Waals surface area contributed by atoms with Crippen LogP contribution in [0.15, 0.2) is 42.5 Å². The van der Waals surface area contributed by atoms with Crippen molar-refractivity contribution in [2.75, 3.05) is 35.0 Å². The lowest BCUT2D eigenvalue weighted by molar-refractivity contribution is -0.0412. The highest BCUT2D eigenvalue weighted by Crippen LogP contribution is 2.33. The SMILES string of the molecule is CCNc1cc(C(=O)N[C@@H](Cc2ccccc2)[C@H](O)CNC2CCC(F)(F)CC2)c(F)c(N2CCCCS2(=O)=O)c1. The van der Waals surface area contributed by atoms with Gasteiger partial charge in [-0.15, -0.1) is 0 Å². The van der Waals surface area contributed by atoms with E-state index in [9.17, 15) is 27.1 Å². The van der Waals surface area contributed by atoms with Crippen molar-refractivity contribution >= 4 is 27.3 Å². The van der Waals surface area contributed by atoms with Gasteiger partial charge in [-0.05, 0) is 56.7 Å². The minimum absolute atomic E-state index is 0.0468. The number of halogens is 3. The number of carbonyl (C=O) groups excluding carboxylic acids is 1.